The molecule has 6 nitrogen and oxygen atoms in total. The van der Waals surface area contributed by atoms with Crippen molar-refractivity contribution < 1.29 is 40.6 Å². The summed E-state index contributed by atoms with van der Waals surface area (Å²) in [6.45, 7) is 1.60. The molecule has 0 aliphatic heterocycles. The lowest BCUT2D eigenvalue weighted by Gasteiger charge is -2.31. The third-order valence-corrected chi connectivity index (χ3v) is 5.03. The molecule has 1 aromatic heterocycles. The van der Waals surface area contributed by atoms with Gasteiger partial charge >= 0.3 is 12.4 Å². The van der Waals surface area contributed by atoms with Crippen molar-refractivity contribution in [3.63, 3.8) is 0 Å². The maximum absolute atomic E-state index is 13.8. The molecule has 36 heavy (non-hydrogen) atoms. The highest BCUT2D eigenvalue weighted by Gasteiger charge is 2.49. The third-order valence-electron chi connectivity index (χ3n) is 5.03. The summed E-state index contributed by atoms with van der Waals surface area (Å²) in [6.07, 6.45) is -9.75. The van der Waals surface area contributed by atoms with E-state index in [9.17, 15) is 45.4 Å². The summed E-state index contributed by atoms with van der Waals surface area (Å²) < 4.78 is 93.4. The van der Waals surface area contributed by atoms with E-state index in [0.29, 0.717) is 16.8 Å². The number of rotatable bonds is 5. The minimum Gasteiger partial charge on any atom is -0.388 e. The molecule has 0 fully saturated rings. The first-order valence-corrected chi connectivity index (χ1v) is 10.2. The Labute approximate surface area is 199 Å². The first kappa shape index (κ1) is 26.9. The SMILES string of the molecule is CC(C)(O)[C@H](NC(=O)c1cc(-c2ccc(C(F)(F)F)cc2)nn(-c2cccc(F)c2)c1=O)C(F)(F)F. The van der Waals surface area contributed by atoms with Crippen molar-refractivity contribution in [1.82, 2.24) is 15.1 Å². The predicted molar refractivity (Wildman–Crippen MR) is 114 cm³/mol. The van der Waals surface area contributed by atoms with Gasteiger partial charge < -0.3 is 10.4 Å². The van der Waals surface area contributed by atoms with Crippen LogP contribution in [0, 0.1) is 5.82 Å². The van der Waals surface area contributed by atoms with Crippen LogP contribution < -0.4 is 10.9 Å². The zero-order valence-electron chi connectivity index (χ0n) is 18.6. The van der Waals surface area contributed by atoms with E-state index in [1.165, 1.54) is 12.1 Å². The fraction of sp³-hybridized carbons (Fsp3) is 0.261. The molecule has 192 valence electrons. The van der Waals surface area contributed by atoms with Gasteiger partial charge in [-0.25, -0.2) is 4.39 Å². The molecule has 3 rings (SSSR count). The molecule has 0 bridgehead atoms. The van der Waals surface area contributed by atoms with Gasteiger partial charge in [-0.2, -0.15) is 36.1 Å². The largest absolute Gasteiger partial charge is 0.416 e. The Kier molecular flexibility index (Phi) is 6.99. The summed E-state index contributed by atoms with van der Waals surface area (Å²) in [5, 5.41) is 15.4. The fourth-order valence-corrected chi connectivity index (χ4v) is 3.28. The lowest BCUT2D eigenvalue weighted by Crippen LogP contribution is -2.58. The number of aromatic nitrogens is 2. The van der Waals surface area contributed by atoms with Gasteiger partial charge in [0.15, 0.2) is 6.04 Å². The Morgan fingerprint density at radius 3 is 2.11 bits per heavy atom. The van der Waals surface area contributed by atoms with Crippen molar-refractivity contribution in [2.24, 2.45) is 0 Å². The van der Waals surface area contributed by atoms with Gasteiger partial charge in [-0.05, 0) is 50.2 Å². The molecule has 0 aliphatic carbocycles. The highest BCUT2D eigenvalue weighted by Crippen LogP contribution is 2.31. The molecule has 0 radical (unpaired) electrons. The molecule has 13 heteroatoms. The quantitative estimate of drug-likeness (QED) is 0.489. The Hall–Kier alpha value is -3.74. The van der Waals surface area contributed by atoms with Crippen LogP contribution >= 0.6 is 0 Å². The highest BCUT2D eigenvalue weighted by molar-refractivity contribution is 5.95. The fourth-order valence-electron chi connectivity index (χ4n) is 3.28. The second-order valence-electron chi connectivity index (χ2n) is 8.32. The van der Waals surface area contributed by atoms with E-state index in [4.69, 9.17) is 0 Å². The van der Waals surface area contributed by atoms with Crippen LogP contribution in [0.1, 0.15) is 29.8 Å². The number of amides is 1. The van der Waals surface area contributed by atoms with E-state index in [-0.39, 0.29) is 16.9 Å². The van der Waals surface area contributed by atoms with Crippen molar-refractivity contribution in [3.05, 3.63) is 81.9 Å². The maximum atomic E-state index is 13.8. The number of nitrogens with one attached hydrogen (secondary N) is 1. The zero-order chi connectivity index (χ0) is 27.1. The Balaban J connectivity index is 2.18. The highest BCUT2D eigenvalue weighted by atomic mass is 19.4. The van der Waals surface area contributed by atoms with E-state index in [2.05, 4.69) is 5.10 Å². The van der Waals surface area contributed by atoms with Gasteiger partial charge in [0.05, 0.1) is 22.5 Å². The molecule has 0 spiro atoms. The number of carbonyl (C=O) groups is 1. The van der Waals surface area contributed by atoms with E-state index < -0.39 is 52.4 Å². The average molecular weight is 517 g/mol. The Bertz CT molecular complexity index is 1310. The van der Waals surface area contributed by atoms with Crippen LogP contribution in [0.15, 0.2) is 59.4 Å². The number of carbonyl (C=O) groups excluding carboxylic acids is 1. The van der Waals surface area contributed by atoms with E-state index >= 15 is 0 Å². The van der Waals surface area contributed by atoms with Crippen LogP contribution in [0.4, 0.5) is 30.7 Å². The number of nitrogens with zero attached hydrogens (tertiary/aromatic N) is 2. The average Bonchev–Trinajstić information content (AvgIpc) is 2.75. The molecular weight excluding hydrogens is 499 g/mol. The molecule has 0 unspecified atom stereocenters. The number of halogens is 7. The van der Waals surface area contributed by atoms with Gasteiger partial charge in [0, 0.05) is 5.56 Å². The summed E-state index contributed by atoms with van der Waals surface area (Å²) in [7, 11) is 0. The monoisotopic (exact) mass is 517 g/mol. The molecule has 0 aliphatic rings. The molecule has 1 atom stereocenters. The van der Waals surface area contributed by atoms with E-state index in [1.54, 1.807) is 5.32 Å². The minimum atomic E-state index is -5.10. The lowest BCUT2D eigenvalue weighted by molar-refractivity contribution is -0.192. The second kappa shape index (κ2) is 9.37. The first-order chi connectivity index (χ1) is 16.5. The predicted octanol–water partition coefficient (Wildman–Crippen LogP) is 4.49. The van der Waals surface area contributed by atoms with Crippen molar-refractivity contribution in [3.8, 4) is 16.9 Å². The lowest BCUT2D eigenvalue weighted by atomic mass is 9.98. The van der Waals surface area contributed by atoms with Gasteiger partial charge in [-0.3, -0.25) is 9.59 Å². The van der Waals surface area contributed by atoms with Gasteiger partial charge in [0.1, 0.15) is 11.4 Å². The van der Waals surface area contributed by atoms with Crippen molar-refractivity contribution in [2.75, 3.05) is 0 Å². The van der Waals surface area contributed by atoms with Gasteiger partial charge in [-0.15, -0.1) is 0 Å². The van der Waals surface area contributed by atoms with Crippen LogP contribution in [0.5, 0.6) is 0 Å². The number of hydrogen-bond donors (Lipinski definition) is 2. The molecule has 1 amide bonds. The third kappa shape index (κ3) is 5.90. The summed E-state index contributed by atoms with van der Waals surface area (Å²) in [5.74, 6) is -2.34. The van der Waals surface area contributed by atoms with Crippen molar-refractivity contribution in [2.45, 2.75) is 37.8 Å². The summed E-state index contributed by atoms with van der Waals surface area (Å²) >= 11 is 0. The Morgan fingerprint density at radius 1 is 1.00 bits per heavy atom. The van der Waals surface area contributed by atoms with Crippen LogP contribution in [-0.2, 0) is 6.18 Å². The summed E-state index contributed by atoms with van der Waals surface area (Å²) in [5.41, 5.74) is -6.05. The van der Waals surface area contributed by atoms with E-state index in [1.807, 2.05) is 0 Å². The van der Waals surface area contributed by atoms with Gasteiger partial charge in [0.2, 0.25) is 0 Å². The summed E-state index contributed by atoms with van der Waals surface area (Å²) in [6, 6.07) is 5.76. The van der Waals surface area contributed by atoms with Crippen LogP contribution in [0.3, 0.4) is 0 Å². The maximum Gasteiger partial charge on any atom is 0.416 e. The zero-order valence-corrected chi connectivity index (χ0v) is 18.6. The molecule has 1 heterocycles. The van der Waals surface area contributed by atoms with Crippen LogP contribution in [0.25, 0.3) is 16.9 Å². The number of benzene rings is 2. The first-order valence-electron chi connectivity index (χ1n) is 10.2. The van der Waals surface area contributed by atoms with Crippen LogP contribution in [-0.4, -0.2) is 38.6 Å². The second-order valence-corrected chi connectivity index (χ2v) is 8.32. The molecule has 2 aromatic carbocycles. The number of hydrogen-bond acceptors (Lipinski definition) is 4. The van der Waals surface area contributed by atoms with Gasteiger partial charge in [0.25, 0.3) is 11.5 Å². The number of aliphatic hydroxyl groups is 1. The molecule has 2 N–H and O–H groups in total. The smallest absolute Gasteiger partial charge is 0.388 e. The van der Waals surface area contributed by atoms with Gasteiger partial charge in [-0.1, -0.05) is 18.2 Å². The van der Waals surface area contributed by atoms with Crippen molar-refractivity contribution in [1.29, 1.82) is 0 Å². The standard InChI is InChI=1S/C23H18F7N3O3/c1-21(2,36)20(23(28,29)30)31-18(34)16-11-17(12-6-8-13(9-7-12)22(25,26)27)32-33(19(16)35)15-5-3-4-14(24)10-15/h3-11,20,36H,1-2H3,(H,31,34)/t20-/m0/s1. The van der Waals surface area contributed by atoms with E-state index in [0.717, 1.165) is 44.2 Å². The molecule has 0 saturated carbocycles. The molecule has 3 aromatic rings. The van der Waals surface area contributed by atoms with Crippen molar-refractivity contribution >= 4 is 5.91 Å². The Morgan fingerprint density at radius 2 is 1.61 bits per heavy atom. The topological polar surface area (TPSA) is 84.2 Å². The normalized spacial score (nSPS) is 13.4. The van der Waals surface area contributed by atoms with Crippen LogP contribution in [0.2, 0.25) is 0 Å². The molecule has 0 saturated heterocycles. The number of alkyl halides is 6. The molecular formula is C23H18F7N3O3. The minimum absolute atomic E-state index is 0.0166. The summed E-state index contributed by atoms with van der Waals surface area (Å²) in [4.78, 5) is 25.8.